The van der Waals surface area contributed by atoms with Crippen LogP contribution in [0.2, 0.25) is 0 Å². The van der Waals surface area contributed by atoms with Gasteiger partial charge in [0.05, 0.1) is 12.7 Å². The van der Waals surface area contributed by atoms with E-state index in [2.05, 4.69) is 53.7 Å². The topological polar surface area (TPSA) is 66.8 Å². The van der Waals surface area contributed by atoms with Gasteiger partial charge in [-0.3, -0.25) is 4.79 Å². The van der Waals surface area contributed by atoms with Gasteiger partial charge < -0.3 is 14.9 Å². The second-order valence-electron chi connectivity index (χ2n) is 13.9. The van der Waals surface area contributed by atoms with Crippen LogP contribution in [0.4, 0.5) is 0 Å². The zero-order valence-corrected chi connectivity index (χ0v) is 23.5. The first-order chi connectivity index (χ1) is 16.2. The van der Waals surface area contributed by atoms with E-state index in [-0.39, 0.29) is 28.3 Å². The van der Waals surface area contributed by atoms with E-state index in [0.29, 0.717) is 36.4 Å². The summed E-state index contributed by atoms with van der Waals surface area (Å²) in [7, 11) is 1.56. The van der Waals surface area contributed by atoms with Gasteiger partial charge in [-0.25, -0.2) is 0 Å². The van der Waals surface area contributed by atoms with Crippen molar-refractivity contribution in [1.82, 2.24) is 0 Å². The molecule has 198 valence electrons. The van der Waals surface area contributed by atoms with Gasteiger partial charge in [0.25, 0.3) is 0 Å². The third-order valence-electron chi connectivity index (χ3n) is 12.1. The highest BCUT2D eigenvalue weighted by Gasteiger charge is 2.63. The number of methoxy groups -OCH3 is 1. The minimum atomic E-state index is -0.898. The van der Waals surface area contributed by atoms with Crippen molar-refractivity contribution in [2.24, 2.45) is 39.4 Å². The first-order valence-corrected chi connectivity index (χ1v) is 14.0. The van der Waals surface area contributed by atoms with Gasteiger partial charge in [-0.05, 0) is 97.0 Å². The van der Waals surface area contributed by atoms with Crippen molar-refractivity contribution in [3.63, 3.8) is 0 Å². The van der Waals surface area contributed by atoms with Crippen LogP contribution in [-0.4, -0.2) is 41.4 Å². The monoisotopic (exact) mass is 486 g/mol. The molecule has 0 spiro atoms. The van der Waals surface area contributed by atoms with E-state index in [1.54, 1.807) is 25.2 Å². The smallest absolute Gasteiger partial charge is 0.138 e. The number of carbonyl (C=O) groups is 1. The third-order valence-corrected chi connectivity index (χ3v) is 12.1. The number of aliphatic hydroxyl groups excluding tert-OH is 2. The fourth-order valence-electron chi connectivity index (χ4n) is 8.99. The van der Waals surface area contributed by atoms with Crippen LogP contribution in [0.25, 0.3) is 0 Å². The quantitative estimate of drug-likeness (QED) is 0.446. The SMILES string of the molecule is COC(C)(CO)C(O)CC[C@@H](C)[C@H]1CC[C@@]2(C)C3=CC[C@H]4C(C)(C)C(=O)CC[C@]4(C)C3=CC[C@]12C. The van der Waals surface area contributed by atoms with Gasteiger partial charge in [-0.2, -0.15) is 0 Å². The lowest BCUT2D eigenvalue weighted by Gasteiger charge is -2.59. The summed E-state index contributed by atoms with van der Waals surface area (Å²) < 4.78 is 5.43. The molecular weight excluding hydrogens is 436 g/mol. The summed E-state index contributed by atoms with van der Waals surface area (Å²) in [5.74, 6) is 1.91. The lowest BCUT2D eigenvalue weighted by Crippen LogP contribution is -2.53. The number of allylic oxidation sites excluding steroid dienone is 4. The fourth-order valence-corrected chi connectivity index (χ4v) is 8.99. The second-order valence-corrected chi connectivity index (χ2v) is 13.9. The third kappa shape index (κ3) is 3.76. The first-order valence-electron chi connectivity index (χ1n) is 14.0. The molecule has 4 aliphatic rings. The van der Waals surface area contributed by atoms with Crippen molar-refractivity contribution < 1.29 is 19.7 Å². The van der Waals surface area contributed by atoms with Crippen LogP contribution in [0, 0.1) is 39.4 Å². The van der Waals surface area contributed by atoms with Gasteiger partial charge >= 0.3 is 0 Å². The van der Waals surface area contributed by atoms with Crippen molar-refractivity contribution in [3.05, 3.63) is 23.3 Å². The van der Waals surface area contributed by atoms with Gasteiger partial charge in [0.2, 0.25) is 0 Å². The van der Waals surface area contributed by atoms with Crippen LogP contribution in [0.5, 0.6) is 0 Å². The molecule has 0 aliphatic heterocycles. The Hall–Kier alpha value is -0.970. The Kier molecular flexibility index (Phi) is 6.81. The number of carbonyl (C=O) groups excluding carboxylic acids is 1. The van der Waals surface area contributed by atoms with Crippen LogP contribution in [0.3, 0.4) is 0 Å². The number of ether oxygens (including phenoxy) is 1. The maximum absolute atomic E-state index is 12.8. The standard InChI is InChI=1S/C31H50O4/c1-20(9-12-26(34)31(7,19-32)35-8)21-13-17-30(6)23-10-11-24-27(2,3)25(33)15-16-28(24,4)22(23)14-18-29(21,30)5/h10,14,20-21,24,26,32,34H,9,11-13,15-19H2,1-8H3/t20-,21-,24+,26?,28-,29-,30+,31?/m1/s1. The fraction of sp³-hybridized carbons (Fsp3) is 0.839. The summed E-state index contributed by atoms with van der Waals surface area (Å²) in [4.78, 5) is 12.8. The summed E-state index contributed by atoms with van der Waals surface area (Å²) in [6.45, 7) is 15.8. The Morgan fingerprint density at radius 3 is 2.43 bits per heavy atom. The summed E-state index contributed by atoms with van der Waals surface area (Å²) in [6.07, 6.45) is 12.2. The lowest BCUT2D eigenvalue weighted by molar-refractivity contribution is -0.138. The number of rotatable bonds is 7. The van der Waals surface area contributed by atoms with Crippen LogP contribution in [0.1, 0.15) is 99.8 Å². The summed E-state index contributed by atoms with van der Waals surface area (Å²) in [5.41, 5.74) is 2.42. The molecule has 0 bridgehead atoms. The largest absolute Gasteiger partial charge is 0.393 e. The van der Waals surface area contributed by atoms with Crippen LogP contribution in [0.15, 0.2) is 23.3 Å². The van der Waals surface area contributed by atoms with Gasteiger partial charge in [0.15, 0.2) is 0 Å². The average Bonchev–Trinajstić information content (AvgIpc) is 3.10. The average molecular weight is 487 g/mol. The highest BCUT2D eigenvalue weighted by Crippen LogP contribution is 2.71. The van der Waals surface area contributed by atoms with Crippen LogP contribution in [-0.2, 0) is 9.53 Å². The van der Waals surface area contributed by atoms with E-state index < -0.39 is 11.7 Å². The molecule has 4 nitrogen and oxygen atoms in total. The molecule has 0 aromatic heterocycles. The number of hydrogen-bond acceptors (Lipinski definition) is 4. The molecule has 0 aromatic rings. The van der Waals surface area contributed by atoms with Gasteiger partial charge in [0.1, 0.15) is 11.4 Å². The van der Waals surface area contributed by atoms with Crippen molar-refractivity contribution in [2.45, 2.75) is 112 Å². The molecule has 0 aromatic carbocycles. The van der Waals surface area contributed by atoms with Gasteiger partial charge in [0, 0.05) is 18.9 Å². The summed E-state index contributed by atoms with van der Waals surface area (Å²) in [6, 6.07) is 0. The van der Waals surface area contributed by atoms with Crippen molar-refractivity contribution in [2.75, 3.05) is 13.7 Å². The molecule has 0 saturated heterocycles. The lowest BCUT2D eigenvalue weighted by atomic mass is 9.44. The Bertz CT molecular complexity index is 911. The van der Waals surface area contributed by atoms with Crippen molar-refractivity contribution >= 4 is 5.78 Å². The zero-order chi connectivity index (χ0) is 26.0. The maximum Gasteiger partial charge on any atom is 0.138 e. The van der Waals surface area contributed by atoms with E-state index in [1.807, 2.05) is 0 Å². The van der Waals surface area contributed by atoms with E-state index >= 15 is 0 Å². The van der Waals surface area contributed by atoms with Gasteiger partial charge in [-0.15, -0.1) is 0 Å². The Morgan fingerprint density at radius 2 is 1.80 bits per heavy atom. The number of aliphatic hydroxyl groups is 2. The predicted octanol–water partition coefficient (Wildman–Crippen LogP) is 6.26. The Balaban J connectivity index is 1.58. The number of Topliss-reactive ketones (excluding diaryl/α,β-unsaturated/α-hetero) is 1. The molecule has 4 rings (SSSR count). The molecule has 2 unspecified atom stereocenters. The molecule has 2 fully saturated rings. The highest BCUT2D eigenvalue weighted by atomic mass is 16.5. The molecular formula is C31H50O4. The molecule has 2 saturated carbocycles. The molecule has 4 aliphatic carbocycles. The van der Waals surface area contributed by atoms with E-state index in [4.69, 9.17) is 4.74 Å². The number of ketones is 1. The number of hydrogen-bond donors (Lipinski definition) is 2. The number of fused-ring (bicyclic) bond motifs is 5. The summed E-state index contributed by atoms with van der Waals surface area (Å²) >= 11 is 0. The van der Waals surface area contributed by atoms with Crippen molar-refractivity contribution in [1.29, 1.82) is 0 Å². The molecule has 2 N–H and O–H groups in total. The minimum Gasteiger partial charge on any atom is -0.393 e. The van der Waals surface area contributed by atoms with E-state index in [9.17, 15) is 15.0 Å². The second kappa shape index (κ2) is 8.81. The van der Waals surface area contributed by atoms with Crippen molar-refractivity contribution in [3.8, 4) is 0 Å². The molecule has 0 radical (unpaired) electrons. The van der Waals surface area contributed by atoms with Crippen LogP contribution < -0.4 is 0 Å². The molecule has 4 heteroatoms. The maximum atomic E-state index is 12.8. The highest BCUT2D eigenvalue weighted by molar-refractivity contribution is 5.86. The van der Waals surface area contributed by atoms with E-state index in [0.717, 1.165) is 25.7 Å². The minimum absolute atomic E-state index is 0.0918. The predicted molar refractivity (Wildman–Crippen MR) is 141 cm³/mol. The summed E-state index contributed by atoms with van der Waals surface area (Å²) in [5, 5.41) is 20.4. The first kappa shape index (κ1) is 27.1. The Morgan fingerprint density at radius 1 is 1.11 bits per heavy atom. The zero-order valence-electron chi connectivity index (χ0n) is 23.5. The van der Waals surface area contributed by atoms with Gasteiger partial charge in [-0.1, -0.05) is 53.7 Å². The normalized spacial score (nSPS) is 41.6. The Labute approximate surface area is 213 Å². The molecule has 0 heterocycles. The molecule has 35 heavy (non-hydrogen) atoms. The molecule has 0 amide bonds. The van der Waals surface area contributed by atoms with E-state index in [1.165, 1.54) is 12.8 Å². The van der Waals surface area contributed by atoms with Crippen LogP contribution >= 0.6 is 0 Å². The molecule has 8 atom stereocenters.